The van der Waals surface area contributed by atoms with Gasteiger partial charge in [-0.2, -0.15) is 0 Å². The van der Waals surface area contributed by atoms with Crippen molar-refractivity contribution in [3.8, 4) is 0 Å². The Balaban J connectivity index is 1.67. The average Bonchev–Trinajstić information content (AvgIpc) is 2.93. The Morgan fingerprint density at radius 2 is 2.14 bits per heavy atom. The zero-order valence-electron chi connectivity index (χ0n) is 12.6. The van der Waals surface area contributed by atoms with E-state index in [1.54, 1.807) is 23.2 Å². The molecule has 1 aromatic heterocycles. The van der Waals surface area contributed by atoms with E-state index >= 15 is 0 Å². The lowest BCUT2D eigenvalue weighted by Gasteiger charge is -2.30. The van der Waals surface area contributed by atoms with Gasteiger partial charge in [0.05, 0.1) is 10.4 Å². The molecule has 2 rings (SSSR count). The fourth-order valence-electron chi connectivity index (χ4n) is 2.48. The minimum absolute atomic E-state index is 0.000693. The Morgan fingerprint density at radius 3 is 2.73 bits per heavy atom. The number of amides is 2. The van der Waals surface area contributed by atoms with Crippen molar-refractivity contribution in [1.82, 2.24) is 10.2 Å². The van der Waals surface area contributed by atoms with E-state index in [-0.39, 0.29) is 17.9 Å². The summed E-state index contributed by atoms with van der Waals surface area (Å²) in [4.78, 5) is 26.7. The van der Waals surface area contributed by atoms with Gasteiger partial charge in [-0.25, -0.2) is 4.79 Å². The first-order chi connectivity index (χ1) is 10.6. The molecule has 0 aromatic carbocycles. The van der Waals surface area contributed by atoms with Gasteiger partial charge in [-0.3, -0.25) is 4.79 Å². The lowest BCUT2D eigenvalue weighted by molar-refractivity contribution is -0.126. The molecule has 122 valence electrons. The Labute approximate surface area is 143 Å². The molecular weight excluding hydrogens is 368 g/mol. The SMILES string of the molecule is CCOC(=O)N1CCC(C(=O)NCCc2ccc(Br)s2)CC1. The van der Waals surface area contributed by atoms with E-state index in [1.807, 2.05) is 6.07 Å². The molecule has 1 N–H and O–H groups in total. The van der Waals surface area contributed by atoms with Crippen LogP contribution in [0, 0.1) is 5.92 Å². The molecule has 1 aliphatic heterocycles. The van der Waals surface area contributed by atoms with Crippen LogP contribution in [0.15, 0.2) is 15.9 Å². The van der Waals surface area contributed by atoms with Gasteiger partial charge in [0.2, 0.25) is 5.91 Å². The van der Waals surface area contributed by atoms with Crippen molar-refractivity contribution < 1.29 is 14.3 Å². The second kappa shape index (κ2) is 8.53. The Bertz CT molecular complexity index is 513. The van der Waals surface area contributed by atoms with Crippen LogP contribution in [-0.4, -0.2) is 43.1 Å². The van der Waals surface area contributed by atoms with Crippen molar-refractivity contribution in [2.24, 2.45) is 5.92 Å². The van der Waals surface area contributed by atoms with E-state index in [0.717, 1.165) is 10.2 Å². The average molecular weight is 389 g/mol. The summed E-state index contributed by atoms with van der Waals surface area (Å²) >= 11 is 5.12. The van der Waals surface area contributed by atoms with Crippen LogP contribution < -0.4 is 5.32 Å². The van der Waals surface area contributed by atoms with E-state index in [1.165, 1.54) is 4.88 Å². The third kappa shape index (κ3) is 4.98. The number of likely N-dealkylation sites (tertiary alicyclic amines) is 1. The van der Waals surface area contributed by atoms with Crippen molar-refractivity contribution in [2.75, 3.05) is 26.2 Å². The summed E-state index contributed by atoms with van der Waals surface area (Å²) in [7, 11) is 0. The van der Waals surface area contributed by atoms with Crippen LogP contribution in [0.5, 0.6) is 0 Å². The van der Waals surface area contributed by atoms with Crippen LogP contribution >= 0.6 is 27.3 Å². The van der Waals surface area contributed by atoms with Crippen LogP contribution in [0.1, 0.15) is 24.6 Å². The number of rotatable bonds is 5. The highest BCUT2D eigenvalue weighted by molar-refractivity contribution is 9.11. The monoisotopic (exact) mass is 388 g/mol. The molecule has 0 saturated carbocycles. The quantitative estimate of drug-likeness (QED) is 0.842. The summed E-state index contributed by atoms with van der Waals surface area (Å²) in [5.41, 5.74) is 0. The zero-order valence-corrected chi connectivity index (χ0v) is 15.0. The molecule has 0 bridgehead atoms. The highest BCUT2D eigenvalue weighted by Gasteiger charge is 2.27. The van der Waals surface area contributed by atoms with Crippen molar-refractivity contribution in [3.63, 3.8) is 0 Å². The van der Waals surface area contributed by atoms with Gasteiger partial charge in [0.25, 0.3) is 0 Å². The molecule has 0 spiro atoms. The van der Waals surface area contributed by atoms with Crippen LogP contribution in [-0.2, 0) is 16.0 Å². The Morgan fingerprint density at radius 1 is 1.41 bits per heavy atom. The number of nitrogens with one attached hydrogen (secondary N) is 1. The number of nitrogens with zero attached hydrogens (tertiary/aromatic N) is 1. The molecule has 0 unspecified atom stereocenters. The van der Waals surface area contributed by atoms with Gasteiger partial charge in [0, 0.05) is 30.4 Å². The highest BCUT2D eigenvalue weighted by Crippen LogP contribution is 2.22. The minimum Gasteiger partial charge on any atom is -0.450 e. The van der Waals surface area contributed by atoms with E-state index < -0.39 is 0 Å². The first-order valence-corrected chi connectivity index (χ1v) is 9.14. The van der Waals surface area contributed by atoms with Gasteiger partial charge in [-0.05, 0) is 54.2 Å². The molecule has 0 atom stereocenters. The second-order valence-corrected chi connectivity index (χ2v) is 7.75. The molecule has 1 aliphatic rings. The van der Waals surface area contributed by atoms with Crippen molar-refractivity contribution in [1.29, 1.82) is 0 Å². The molecular formula is C15H21BrN2O3S. The van der Waals surface area contributed by atoms with Gasteiger partial charge in [-0.1, -0.05) is 0 Å². The molecule has 1 aromatic rings. The third-order valence-electron chi connectivity index (χ3n) is 3.69. The molecule has 0 radical (unpaired) electrons. The normalized spacial score (nSPS) is 15.6. The number of ether oxygens (including phenoxy) is 1. The summed E-state index contributed by atoms with van der Waals surface area (Å²) in [6, 6.07) is 4.09. The summed E-state index contributed by atoms with van der Waals surface area (Å²) < 4.78 is 6.09. The number of halogens is 1. The number of carbonyl (C=O) groups is 2. The van der Waals surface area contributed by atoms with Crippen LogP contribution in [0.2, 0.25) is 0 Å². The van der Waals surface area contributed by atoms with E-state index in [9.17, 15) is 9.59 Å². The fourth-order valence-corrected chi connectivity index (χ4v) is 3.96. The first kappa shape index (κ1) is 17.3. The first-order valence-electron chi connectivity index (χ1n) is 7.53. The smallest absolute Gasteiger partial charge is 0.409 e. The van der Waals surface area contributed by atoms with Crippen LogP contribution in [0.4, 0.5) is 4.79 Å². The predicted octanol–water partition coefficient (Wildman–Crippen LogP) is 3.04. The molecule has 1 fully saturated rings. The third-order valence-corrected chi connectivity index (χ3v) is 5.37. The van der Waals surface area contributed by atoms with Gasteiger partial charge < -0.3 is 15.0 Å². The van der Waals surface area contributed by atoms with Crippen molar-refractivity contribution >= 4 is 39.3 Å². The van der Waals surface area contributed by atoms with Crippen molar-refractivity contribution in [2.45, 2.75) is 26.2 Å². The van der Waals surface area contributed by atoms with Crippen LogP contribution in [0.3, 0.4) is 0 Å². The lowest BCUT2D eigenvalue weighted by Crippen LogP contribution is -2.43. The van der Waals surface area contributed by atoms with Gasteiger partial charge >= 0.3 is 6.09 Å². The van der Waals surface area contributed by atoms with E-state index in [4.69, 9.17) is 4.74 Å². The Kier molecular flexibility index (Phi) is 6.70. The lowest BCUT2D eigenvalue weighted by atomic mass is 9.96. The number of carbonyl (C=O) groups excluding carboxylic acids is 2. The predicted molar refractivity (Wildman–Crippen MR) is 90.1 cm³/mol. The number of piperidine rings is 1. The molecule has 7 heteroatoms. The largest absolute Gasteiger partial charge is 0.450 e. The van der Waals surface area contributed by atoms with Gasteiger partial charge in [0.15, 0.2) is 0 Å². The molecule has 22 heavy (non-hydrogen) atoms. The number of thiophene rings is 1. The van der Waals surface area contributed by atoms with Gasteiger partial charge in [-0.15, -0.1) is 11.3 Å². The summed E-state index contributed by atoms with van der Waals surface area (Å²) in [6.07, 6.45) is 1.98. The second-order valence-electron chi connectivity index (χ2n) is 5.21. The summed E-state index contributed by atoms with van der Waals surface area (Å²) in [5, 5.41) is 3.00. The molecule has 2 heterocycles. The highest BCUT2D eigenvalue weighted by atomic mass is 79.9. The van der Waals surface area contributed by atoms with Gasteiger partial charge in [0.1, 0.15) is 0 Å². The van der Waals surface area contributed by atoms with Crippen molar-refractivity contribution in [3.05, 3.63) is 20.8 Å². The van der Waals surface area contributed by atoms with Crippen LogP contribution in [0.25, 0.3) is 0 Å². The maximum absolute atomic E-state index is 12.1. The number of hydrogen-bond donors (Lipinski definition) is 1. The maximum Gasteiger partial charge on any atom is 0.409 e. The molecule has 2 amide bonds. The zero-order chi connectivity index (χ0) is 15.9. The van der Waals surface area contributed by atoms with E-state index in [2.05, 4.69) is 27.3 Å². The summed E-state index contributed by atoms with van der Waals surface area (Å²) in [5.74, 6) is 0.0971. The summed E-state index contributed by atoms with van der Waals surface area (Å²) in [6.45, 7) is 4.02. The molecule has 5 nitrogen and oxygen atoms in total. The standard InChI is InChI=1S/C15H21BrN2O3S/c1-2-21-15(20)18-9-6-11(7-10-18)14(19)17-8-5-12-3-4-13(16)22-12/h3-4,11H,2,5-10H2,1H3,(H,17,19). The maximum atomic E-state index is 12.1. The molecule has 1 saturated heterocycles. The molecule has 0 aliphatic carbocycles. The Hall–Kier alpha value is -1.08. The van der Waals surface area contributed by atoms with E-state index in [0.29, 0.717) is 39.1 Å². The minimum atomic E-state index is -0.273. The topological polar surface area (TPSA) is 58.6 Å². The fraction of sp³-hybridized carbons (Fsp3) is 0.600. The number of hydrogen-bond acceptors (Lipinski definition) is 4.